The molecule has 1 amide bonds. The Labute approximate surface area is 229 Å². The topological polar surface area (TPSA) is 59.3 Å². The summed E-state index contributed by atoms with van der Waals surface area (Å²) in [6.45, 7) is 5.99. The van der Waals surface area contributed by atoms with Crippen molar-refractivity contribution in [3.05, 3.63) is 93.0 Å². The lowest BCUT2D eigenvalue weighted by atomic mass is 9.81. The summed E-state index contributed by atoms with van der Waals surface area (Å²) in [4.78, 5) is 25.0. The number of nitrogens with zero attached hydrogens (tertiary/aromatic N) is 3. The molecular weight excluding hydrogens is 496 g/mol. The summed E-state index contributed by atoms with van der Waals surface area (Å²) in [7, 11) is 0. The lowest BCUT2D eigenvalue weighted by Crippen LogP contribution is -2.13. The summed E-state index contributed by atoms with van der Waals surface area (Å²) in [6, 6.07) is 16.2. The molecule has 4 heterocycles. The SMILES string of the molecule is CC.Cc1ccccc1NC(=O)c1ccc(Cc2ncc(-c3cnc4cc(CC5CCC5)ccn34)s2)s1.[HH].[HH]. The highest BCUT2D eigenvalue weighted by Gasteiger charge is 2.18. The number of benzene rings is 1. The lowest BCUT2D eigenvalue weighted by molar-refractivity contribution is 0.103. The van der Waals surface area contributed by atoms with Crippen LogP contribution in [-0.2, 0) is 12.8 Å². The van der Waals surface area contributed by atoms with E-state index >= 15 is 0 Å². The van der Waals surface area contributed by atoms with Crippen LogP contribution in [-0.4, -0.2) is 20.3 Å². The van der Waals surface area contributed by atoms with Crippen LogP contribution in [0.25, 0.3) is 16.2 Å². The summed E-state index contributed by atoms with van der Waals surface area (Å²) in [5.74, 6) is 0.778. The lowest BCUT2D eigenvalue weighted by Gasteiger charge is -2.25. The molecule has 1 aliphatic carbocycles. The second kappa shape index (κ2) is 11.4. The van der Waals surface area contributed by atoms with Crippen LogP contribution in [0.5, 0.6) is 0 Å². The minimum atomic E-state index is -0.0715. The fourth-order valence-electron chi connectivity index (χ4n) is 4.51. The van der Waals surface area contributed by atoms with Gasteiger partial charge in [0.1, 0.15) is 5.65 Å². The van der Waals surface area contributed by atoms with Crippen molar-refractivity contribution in [3.63, 3.8) is 0 Å². The van der Waals surface area contributed by atoms with E-state index in [1.807, 2.05) is 69.6 Å². The number of hydrogen-bond acceptors (Lipinski definition) is 5. The molecule has 7 heteroatoms. The number of nitrogens with one attached hydrogen (secondary N) is 1. The van der Waals surface area contributed by atoms with Crippen LogP contribution in [0.15, 0.2) is 67.1 Å². The number of thiophene rings is 1. The molecule has 194 valence electrons. The van der Waals surface area contributed by atoms with Gasteiger partial charge in [-0.25, -0.2) is 9.97 Å². The number of carbonyl (C=O) groups is 1. The highest BCUT2D eigenvalue weighted by atomic mass is 32.1. The minimum absolute atomic E-state index is 0. The van der Waals surface area contributed by atoms with Gasteiger partial charge in [0.15, 0.2) is 0 Å². The Morgan fingerprint density at radius 3 is 2.70 bits per heavy atom. The Hall–Kier alpha value is -3.29. The largest absolute Gasteiger partial charge is 0.321 e. The number of fused-ring (bicyclic) bond motifs is 1. The van der Waals surface area contributed by atoms with Crippen molar-refractivity contribution < 1.29 is 7.65 Å². The average molecular weight is 533 g/mol. The second-order valence-corrected chi connectivity index (χ2v) is 11.5. The first-order chi connectivity index (χ1) is 18.1. The van der Waals surface area contributed by atoms with Crippen LogP contribution in [0, 0.1) is 12.8 Å². The highest BCUT2D eigenvalue weighted by Crippen LogP contribution is 2.32. The summed E-state index contributed by atoms with van der Waals surface area (Å²) in [5.41, 5.74) is 5.34. The number of para-hydroxylation sites is 1. The van der Waals surface area contributed by atoms with Crippen molar-refractivity contribution >= 4 is 39.9 Å². The number of imidazole rings is 1. The maximum Gasteiger partial charge on any atom is 0.265 e. The number of thiazole rings is 1. The monoisotopic (exact) mass is 532 g/mol. The van der Waals surface area contributed by atoms with E-state index in [1.165, 1.54) is 36.2 Å². The van der Waals surface area contributed by atoms with E-state index in [-0.39, 0.29) is 8.76 Å². The fraction of sp³-hybridized carbons (Fsp3) is 0.300. The molecule has 37 heavy (non-hydrogen) atoms. The van der Waals surface area contributed by atoms with E-state index in [1.54, 1.807) is 11.3 Å². The number of carbonyl (C=O) groups excluding carboxylic acids is 1. The van der Waals surface area contributed by atoms with Crippen LogP contribution < -0.4 is 5.32 Å². The zero-order valence-corrected chi connectivity index (χ0v) is 23.2. The van der Waals surface area contributed by atoms with Crippen molar-refractivity contribution in [3.8, 4) is 10.6 Å². The fourth-order valence-corrected chi connectivity index (χ4v) is 6.46. The third-order valence-electron chi connectivity index (χ3n) is 6.74. The third-order valence-corrected chi connectivity index (χ3v) is 8.84. The quantitative estimate of drug-likeness (QED) is 0.228. The van der Waals surface area contributed by atoms with Crippen LogP contribution in [0.4, 0.5) is 5.69 Å². The van der Waals surface area contributed by atoms with Gasteiger partial charge < -0.3 is 5.32 Å². The van der Waals surface area contributed by atoms with Gasteiger partial charge in [0.05, 0.1) is 26.7 Å². The van der Waals surface area contributed by atoms with Gasteiger partial charge in [-0.05, 0) is 60.7 Å². The summed E-state index contributed by atoms with van der Waals surface area (Å²) < 4.78 is 2.15. The van der Waals surface area contributed by atoms with E-state index in [2.05, 4.69) is 38.0 Å². The first-order valence-corrected chi connectivity index (χ1v) is 14.6. The number of hydrogen-bond donors (Lipinski definition) is 1. The first-order valence-electron chi connectivity index (χ1n) is 13.0. The van der Waals surface area contributed by atoms with Gasteiger partial charge in [0, 0.05) is 32.2 Å². The van der Waals surface area contributed by atoms with E-state index in [9.17, 15) is 4.79 Å². The third kappa shape index (κ3) is 5.68. The predicted octanol–water partition coefficient (Wildman–Crippen LogP) is 8.53. The Bertz CT molecular complexity index is 1520. The molecule has 5 nitrogen and oxygen atoms in total. The van der Waals surface area contributed by atoms with Gasteiger partial charge >= 0.3 is 0 Å². The molecule has 1 N–H and O–H groups in total. The molecule has 0 bridgehead atoms. The van der Waals surface area contributed by atoms with E-state index in [4.69, 9.17) is 0 Å². The zero-order valence-electron chi connectivity index (χ0n) is 21.5. The van der Waals surface area contributed by atoms with Gasteiger partial charge in [-0.2, -0.15) is 0 Å². The van der Waals surface area contributed by atoms with Crippen LogP contribution in [0.3, 0.4) is 0 Å². The molecule has 0 radical (unpaired) electrons. The molecule has 0 unspecified atom stereocenters. The molecule has 1 fully saturated rings. The van der Waals surface area contributed by atoms with Crippen LogP contribution in [0.2, 0.25) is 0 Å². The number of rotatable bonds is 7. The Balaban J connectivity index is 0.00000103. The molecule has 4 aromatic heterocycles. The van der Waals surface area contributed by atoms with Crippen molar-refractivity contribution in [1.82, 2.24) is 14.4 Å². The van der Waals surface area contributed by atoms with Gasteiger partial charge in [-0.3, -0.25) is 9.20 Å². The number of aryl methyl sites for hydroxylation is 1. The molecule has 5 aromatic rings. The molecule has 1 saturated carbocycles. The molecule has 0 aliphatic heterocycles. The van der Waals surface area contributed by atoms with Crippen molar-refractivity contribution in [2.45, 2.75) is 52.9 Å². The summed E-state index contributed by atoms with van der Waals surface area (Å²) >= 11 is 3.20. The first kappa shape index (κ1) is 25.4. The Kier molecular flexibility index (Phi) is 7.82. The van der Waals surface area contributed by atoms with Crippen molar-refractivity contribution in [2.75, 3.05) is 5.32 Å². The van der Waals surface area contributed by atoms with Crippen molar-refractivity contribution in [2.24, 2.45) is 5.92 Å². The number of pyridine rings is 1. The Morgan fingerprint density at radius 2 is 1.92 bits per heavy atom. The summed E-state index contributed by atoms with van der Waals surface area (Å²) in [5, 5.41) is 4.04. The standard InChI is InChI=1S/C28H26N4OS2.C2H6.2H2/c1-18-5-2-3-8-22(18)31-28(33)24-10-9-21(34-24)15-27-30-17-25(35-27)23-16-29-26-14-20(11-12-32(23)26)13-19-6-4-7-19;1-2;;/h2-3,5,8-12,14,16-17,19H,4,6-7,13,15H2,1H3,(H,31,33);1-2H3;2*1H. The Morgan fingerprint density at radius 1 is 1.08 bits per heavy atom. The van der Waals surface area contributed by atoms with Crippen molar-refractivity contribution in [1.29, 1.82) is 0 Å². The molecule has 6 rings (SSSR count). The number of aromatic nitrogens is 3. The van der Waals surface area contributed by atoms with Crippen LogP contribution >= 0.6 is 22.7 Å². The predicted molar refractivity (Wildman–Crippen MR) is 159 cm³/mol. The van der Waals surface area contributed by atoms with E-state index < -0.39 is 0 Å². The highest BCUT2D eigenvalue weighted by molar-refractivity contribution is 7.16. The number of amides is 1. The minimum Gasteiger partial charge on any atom is -0.321 e. The molecule has 1 aliphatic rings. The average Bonchev–Trinajstić information content (AvgIpc) is 3.64. The normalized spacial score (nSPS) is 13.2. The maximum absolute atomic E-state index is 12.7. The van der Waals surface area contributed by atoms with E-state index in [0.29, 0.717) is 4.88 Å². The molecule has 1 aromatic carbocycles. The molecule has 0 spiro atoms. The van der Waals surface area contributed by atoms with Gasteiger partial charge in [0.25, 0.3) is 5.91 Å². The van der Waals surface area contributed by atoms with Crippen LogP contribution in [0.1, 0.15) is 66.6 Å². The smallest absolute Gasteiger partial charge is 0.265 e. The molecule has 0 saturated heterocycles. The van der Waals surface area contributed by atoms with Gasteiger partial charge in [-0.15, -0.1) is 22.7 Å². The molecule has 0 atom stereocenters. The maximum atomic E-state index is 12.7. The second-order valence-electron chi connectivity index (χ2n) is 9.24. The van der Waals surface area contributed by atoms with Gasteiger partial charge in [0.2, 0.25) is 0 Å². The zero-order chi connectivity index (χ0) is 25.8. The number of anilines is 1. The van der Waals surface area contributed by atoms with E-state index in [0.717, 1.165) is 56.1 Å². The summed E-state index contributed by atoms with van der Waals surface area (Å²) in [6.07, 6.45) is 12.0. The van der Waals surface area contributed by atoms with Gasteiger partial charge in [-0.1, -0.05) is 51.3 Å². The molecular formula is C30H36N4OS2.